The molecule has 35 heavy (non-hydrogen) atoms. The van der Waals surface area contributed by atoms with E-state index in [2.05, 4.69) is 19.1 Å². The van der Waals surface area contributed by atoms with Gasteiger partial charge < -0.3 is 23.7 Å². The molecule has 4 aliphatic rings. The van der Waals surface area contributed by atoms with Crippen LogP contribution in [0.3, 0.4) is 0 Å². The maximum Gasteiger partial charge on any atom is 0.313 e. The summed E-state index contributed by atoms with van der Waals surface area (Å²) >= 11 is 0. The smallest absolute Gasteiger partial charge is 0.313 e. The van der Waals surface area contributed by atoms with Gasteiger partial charge in [0.25, 0.3) is 0 Å². The summed E-state index contributed by atoms with van der Waals surface area (Å²) in [6.07, 6.45) is 5.33. The van der Waals surface area contributed by atoms with Crippen molar-refractivity contribution in [1.29, 1.82) is 0 Å². The molecule has 0 N–H and O–H groups in total. The highest BCUT2D eigenvalue weighted by molar-refractivity contribution is 5.83. The minimum atomic E-state index is -0.947. The number of ether oxygens (including phenoxy) is 4. The minimum absolute atomic E-state index is 0.0260. The van der Waals surface area contributed by atoms with Crippen LogP contribution in [0.1, 0.15) is 57.9 Å². The molecule has 190 valence electrons. The molecule has 0 spiro atoms. The van der Waals surface area contributed by atoms with Crippen molar-refractivity contribution < 1.29 is 28.5 Å². The first-order chi connectivity index (χ1) is 17.0. The van der Waals surface area contributed by atoms with E-state index in [1.54, 1.807) is 7.11 Å². The van der Waals surface area contributed by atoms with E-state index in [4.69, 9.17) is 18.9 Å². The maximum absolute atomic E-state index is 13.8. The molecule has 1 aromatic carbocycles. The number of rotatable bonds is 7. The number of carbonyl (C=O) groups is 2. The Balaban J connectivity index is 1.53. The SMILES string of the molecule is CCOC(=O)[C@]12CC[C@H](OCc3ccccc3)C[C@@H]1[C@@H](OC)[C@H]1OCC3=C(CCC3)[C@@]1(C)[C@@H]2C=O. The quantitative estimate of drug-likeness (QED) is 0.320. The topological polar surface area (TPSA) is 71.1 Å². The Morgan fingerprint density at radius 1 is 1.23 bits per heavy atom. The van der Waals surface area contributed by atoms with Crippen LogP contribution in [0, 0.1) is 22.7 Å². The van der Waals surface area contributed by atoms with Gasteiger partial charge in [-0.2, -0.15) is 0 Å². The number of hydrogen-bond donors (Lipinski definition) is 0. The maximum atomic E-state index is 13.8. The lowest BCUT2D eigenvalue weighted by Crippen LogP contribution is -2.70. The molecule has 7 atom stereocenters. The largest absolute Gasteiger partial charge is 0.466 e. The molecule has 5 rings (SSSR count). The Hall–Kier alpha value is -2.02. The Kier molecular flexibility index (Phi) is 6.90. The molecule has 0 unspecified atom stereocenters. The average molecular weight is 483 g/mol. The Labute approximate surface area is 208 Å². The predicted molar refractivity (Wildman–Crippen MR) is 131 cm³/mol. The zero-order valence-electron chi connectivity index (χ0n) is 21.2. The van der Waals surface area contributed by atoms with E-state index in [0.717, 1.165) is 31.1 Å². The molecular weight excluding hydrogens is 444 g/mol. The van der Waals surface area contributed by atoms with Crippen molar-refractivity contribution >= 4 is 12.3 Å². The summed E-state index contributed by atoms with van der Waals surface area (Å²) in [5.74, 6) is -1.01. The second kappa shape index (κ2) is 9.79. The minimum Gasteiger partial charge on any atom is -0.466 e. The highest BCUT2D eigenvalue weighted by Gasteiger charge is 2.71. The fourth-order valence-corrected chi connectivity index (χ4v) is 7.84. The summed E-state index contributed by atoms with van der Waals surface area (Å²) in [4.78, 5) is 26.9. The van der Waals surface area contributed by atoms with Gasteiger partial charge in [-0.3, -0.25) is 4.79 Å². The zero-order valence-corrected chi connectivity index (χ0v) is 21.2. The number of esters is 1. The van der Waals surface area contributed by atoms with Gasteiger partial charge in [-0.05, 0) is 56.6 Å². The summed E-state index contributed by atoms with van der Waals surface area (Å²) in [7, 11) is 1.71. The van der Waals surface area contributed by atoms with Crippen LogP contribution in [0.4, 0.5) is 0 Å². The lowest BCUT2D eigenvalue weighted by Gasteiger charge is -2.63. The Morgan fingerprint density at radius 3 is 2.74 bits per heavy atom. The Morgan fingerprint density at radius 2 is 2.03 bits per heavy atom. The number of methoxy groups -OCH3 is 1. The van der Waals surface area contributed by atoms with Crippen molar-refractivity contribution in [3.63, 3.8) is 0 Å². The van der Waals surface area contributed by atoms with Gasteiger partial charge in [0.2, 0.25) is 0 Å². The second-order valence-electron chi connectivity index (χ2n) is 10.8. The molecule has 1 heterocycles. The number of benzene rings is 1. The standard InChI is InChI=1S/C29H38O6/c1-4-33-27(31)29-14-13-21(34-17-19-9-6-5-7-10-19)15-23(29)25(32-3)26-28(2,24(29)16-30)22-12-8-11-20(22)18-35-26/h5-7,9-10,16,21,23-26H,4,8,11-15,17-18H2,1-3H3/t21-,23+,24-,25+,26+,28-,29+/m0/s1. The molecule has 0 aromatic heterocycles. The first-order valence-corrected chi connectivity index (χ1v) is 13.1. The van der Waals surface area contributed by atoms with E-state index in [1.807, 2.05) is 25.1 Å². The van der Waals surface area contributed by atoms with Crippen LogP contribution < -0.4 is 0 Å². The molecule has 0 radical (unpaired) electrons. The lowest BCUT2D eigenvalue weighted by molar-refractivity contribution is -0.243. The Bertz CT molecular complexity index is 973. The summed E-state index contributed by atoms with van der Waals surface area (Å²) in [5, 5.41) is 0. The van der Waals surface area contributed by atoms with Gasteiger partial charge in [0.15, 0.2) is 0 Å². The number of hydrogen-bond acceptors (Lipinski definition) is 6. The van der Waals surface area contributed by atoms with Crippen LogP contribution in [0.25, 0.3) is 0 Å². The van der Waals surface area contributed by atoms with Crippen molar-refractivity contribution in [2.75, 3.05) is 20.3 Å². The molecule has 2 saturated carbocycles. The highest BCUT2D eigenvalue weighted by Crippen LogP contribution is 2.65. The summed E-state index contributed by atoms with van der Waals surface area (Å²) < 4.78 is 24.7. The molecule has 0 saturated heterocycles. The van der Waals surface area contributed by atoms with E-state index in [0.29, 0.717) is 32.5 Å². The molecule has 6 nitrogen and oxygen atoms in total. The van der Waals surface area contributed by atoms with Crippen molar-refractivity contribution in [2.45, 2.75) is 77.3 Å². The third-order valence-electron chi connectivity index (χ3n) is 9.36. The molecule has 6 heteroatoms. The predicted octanol–water partition coefficient (Wildman–Crippen LogP) is 4.65. The summed E-state index contributed by atoms with van der Waals surface area (Å²) in [6.45, 7) is 5.37. The van der Waals surface area contributed by atoms with Crippen molar-refractivity contribution in [3.05, 3.63) is 47.0 Å². The molecular formula is C29H38O6. The molecule has 3 aliphatic carbocycles. The average Bonchev–Trinajstić information content (AvgIpc) is 3.37. The first-order valence-electron chi connectivity index (χ1n) is 13.1. The molecule has 1 aromatic rings. The van der Waals surface area contributed by atoms with Gasteiger partial charge >= 0.3 is 5.97 Å². The number of aldehydes is 1. The van der Waals surface area contributed by atoms with Crippen LogP contribution in [0.5, 0.6) is 0 Å². The van der Waals surface area contributed by atoms with Gasteiger partial charge in [0.1, 0.15) is 6.29 Å². The fourth-order valence-electron chi connectivity index (χ4n) is 7.84. The molecule has 2 fully saturated rings. The van der Waals surface area contributed by atoms with Crippen LogP contribution in [0.15, 0.2) is 41.5 Å². The van der Waals surface area contributed by atoms with E-state index >= 15 is 0 Å². The van der Waals surface area contributed by atoms with Crippen molar-refractivity contribution in [1.82, 2.24) is 0 Å². The van der Waals surface area contributed by atoms with Gasteiger partial charge in [-0.25, -0.2) is 0 Å². The molecule has 0 amide bonds. The van der Waals surface area contributed by atoms with E-state index in [-0.39, 0.29) is 36.8 Å². The van der Waals surface area contributed by atoms with Gasteiger partial charge in [0, 0.05) is 24.4 Å². The normalized spacial score (nSPS) is 38.3. The van der Waals surface area contributed by atoms with Crippen LogP contribution in [0.2, 0.25) is 0 Å². The van der Waals surface area contributed by atoms with Gasteiger partial charge in [-0.15, -0.1) is 0 Å². The molecule has 1 aliphatic heterocycles. The molecule has 0 bridgehead atoms. The third kappa shape index (κ3) is 3.80. The summed E-state index contributed by atoms with van der Waals surface area (Å²) in [5.41, 5.74) is 2.22. The van der Waals surface area contributed by atoms with Crippen LogP contribution in [-0.2, 0) is 35.1 Å². The van der Waals surface area contributed by atoms with Gasteiger partial charge in [-0.1, -0.05) is 42.8 Å². The fraction of sp³-hybridized carbons (Fsp3) is 0.655. The van der Waals surface area contributed by atoms with E-state index in [1.165, 1.54) is 11.1 Å². The number of fused-ring (bicyclic) bond motifs is 3. The van der Waals surface area contributed by atoms with Crippen LogP contribution in [-0.4, -0.2) is 50.9 Å². The highest BCUT2D eigenvalue weighted by atomic mass is 16.5. The lowest BCUT2D eigenvalue weighted by atomic mass is 9.43. The third-order valence-corrected chi connectivity index (χ3v) is 9.36. The second-order valence-corrected chi connectivity index (χ2v) is 10.8. The summed E-state index contributed by atoms with van der Waals surface area (Å²) in [6, 6.07) is 10.1. The van der Waals surface area contributed by atoms with E-state index < -0.39 is 16.7 Å². The van der Waals surface area contributed by atoms with Gasteiger partial charge in [0.05, 0.1) is 43.5 Å². The zero-order chi connectivity index (χ0) is 24.6. The van der Waals surface area contributed by atoms with Crippen molar-refractivity contribution in [2.24, 2.45) is 22.7 Å². The van der Waals surface area contributed by atoms with Crippen molar-refractivity contribution in [3.8, 4) is 0 Å². The number of carbonyl (C=O) groups excluding carboxylic acids is 2. The van der Waals surface area contributed by atoms with Crippen LogP contribution >= 0.6 is 0 Å². The van der Waals surface area contributed by atoms with E-state index in [9.17, 15) is 9.59 Å². The first kappa shape index (κ1) is 24.7. The monoisotopic (exact) mass is 482 g/mol.